The maximum atomic E-state index is 13.3. The van der Waals surface area contributed by atoms with Crippen LogP contribution in [0, 0.1) is 5.82 Å². The molecule has 0 aliphatic heterocycles. The molecule has 1 aromatic carbocycles. The highest BCUT2D eigenvalue weighted by Crippen LogP contribution is 2.17. The van der Waals surface area contributed by atoms with Gasteiger partial charge in [0, 0.05) is 23.3 Å². The lowest BCUT2D eigenvalue weighted by atomic mass is 10.2. The van der Waals surface area contributed by atoms with Gasteiger partial charge in [-0.2, -0.15) is 0 Å². The second-order valence-electron chi connectivity index (χ2n) is 4.79. The summed E-state index contributed by atoms with van der Waals surface area (Å²) in [4.78, 5) is 6.75. The molecule has 4 nitrogen and oxygen atoms in total. The molecule has 126 valence electrons. The van der Waals surface area contributed by atoms with E-state index in [4.69, 9.17) is 5.11 Å². The maximum absolute atomic E-state index is 13.3. The van der Waals surface area contributed by atoms with E-state index in [0.717, 1.165) is 12.0 Å². The number of benzene rings is 1. The van der Waals surface area contributed by atoms with Crippen molar-refractivity contribution in [2.45, 2.75) is 26.4 Å². The van der Waals surface area contributed by atoms with Crippen LogP contribution in [0.15, 0.2) is 35.3 Å². The van der Waals surface area contributed by atoms with Crippen molar-refractivity contribution < 1.29 is 9.50 Å². The number of phenols is 1. The molecule has 0 radical (unpaired) electrons. The number of rotatable bonds is 5. The number of hydrogen-bond acceptors (Lipinski definition) is 3. The third kappa shape index (κ3) is 5.98. The third-order valence-corrected chi connectivity index (χ3v) is 4.42. The van der Waals surface area contributed by atoms with Gasteiger partial charge in [-0.05, 0) is 36.2 Å². The summed E-state index contributed by atoms with van der Waals surface area (Å²) in [7, 11) is 1.69. The van der Waals surface area contributed by atoms with E-state index in [9.17, 15) is 4.39 Å². The summed E-state index contributed by atoms with van der Waals surface area (Å²) in [5, 5.41) is 15.5. The molecule has 3 N–H and O–H groups in total. The number of aliphatic imine (C=N–C) groups is 1. The van der Waals surface area contributed by atoms with Gasteiger partial charge in [-0.3, -0.25) is 4.99 Å². The van der Waals surface area contributed by atoms with Crippen molar-refractivity contribution in [3.8, 4) is 5.75 Å². The molecule has 0 unspecified atom stereocenters. The van der Waals surface area contributed by atoms with Gasteiger partial charge < -0.3 is 15.7 Å². The Bertz CT molecular complexity index is 661. The van der Waals surface area contributed by atoms with E-state index in [-0.39, 0.29) is 29.7 Å². The molecule has 0 aliphatic rings. The molecular weight excluding hydrogens is 428 g/mol. The largest absolute Gasteiger partial charge is 0.505 e. The molecular formula is C16H21FIN3OS. The molecule has 0 saturated heterocycles. The number of thiophene rings is 1. The summed E-state index contributed by atoms with van der Waals surface area (Å²) >= 11 is 1.78. The second-order valence-corrected chi connectivity index (χ2v) is 6.04. The van der Waals surface area contributed by atoms with Crippen LogP contribution in [0.2, 0.25) is 0 Å². The number of guanidine groups is 1. The topological polar surface area (TPSA) is 56.7 Å². The lowest BCUT2D eigenvalue weighted by molar-refractivity contribution is 0.431. The zero-order valence-electron chi connectivity index (χ0n) is 13.1. The SMILES string of the molecule is CCc1ccc(CNC(=NC)NCc2ccc(O)c(F)c2)s1.I. The van der Waals surface area contributed by atoms with E-state index in [1.54, 1.807) is 24.5 Å². The third-order valence-electron chi connectivity index (χ3n) is 3.19. The van der Waals surface area contributed by atoms with Crippen LogP contribution >= 0.6 is 35.3 Å². The Morgan fingerprint density at radius 1 is 1.17 bits per heavy atom. The van der Waals surface area contributed by atoms with E-state index in [1.807, 2.05) is 0 Å². The zero-order chi connectivity index (χ0) is 15.9. The normalized spacial score (nSPS) is 11.0. The zero-order valence-corrected chi connectivity index (χ0v) is 16.2. The van der Waals surface area contributed by atoms with Crippen LogP contribution in [0.3, 0.4) is 0 Å². The summed E-state index contributed by atoms with van der Waals surface area (Å²) < 4.78 is 13.3. The smallest absolute Gasteiger partial charge is 0.191 e. The Balaban J connectivity index is 0.00000264. The van der Waals surface area contributed by atoms with Gasteiger partial charge in [-0.15, -0.1) is 35.3 Å². The summed E-state index contributed by atoms with van der Waals surface area (Å²) in [5.74, 6) is -0.302. The molecule has 0 bridgehead atoms. The molecule has 0 amide bonds. The molecule has 2 aromatic rings. The second kappa shape index (κ2) is 9.71. The van der Waals surface area contributed by atoms with Gasteiger partial charge in [0.05, 0.1) is 6.54 Å². The minimum absolute atomic E-state index is 0. The highest BCUT2D eigenvalue weighted by molar-refractivity contribution is 14.0. The Hall–Kier alpha value is -1.35. The predicted octanol–water partition coefficient (Wildman–Crippen LogP) is 3.64. The van der Waals surface area contributed by atoms with Gasteiger partial charge >= 0.3 is 0 Å². The number of halogens is 2. The molecule has 7 heteroatoms. The monoisotopic (exact) mass is 449 g/mol. The number of hydrogen-bond donors (Lipinski definition) is 3. The van der Waals surface area contributed by atoms with Crippen molar-refractivity contribution in [1.29, 1.82) is 0 Å². The average Bonchev–Trinajstić information content (AvgIpc) is 2.99. The van der Waals surface area contributed by atoms with Gasteiger partial charge in [0.1, 0.15) is 0 Å². The Kier molecular flexibility index (Phi) is 8.32. The Morgan fingerprint density at radius 2 is 1.87 bits per heavy atom. The van der Waals surface area contributed by atoms with Gasteiger partial charge in [-0.25, -0.2) is 4.39 Å². The molecule has 2 rings (SSSR count). The van der Waals surface area contributed by atoms with E-state index in [2.05, 4.69) is 34.7 Å². The molecule has 0 aliphatic carbocycles. The van der Waals surface area contributed by atoms with Crippen LogP contribution in [-0.2, 0) is 19.5 Å². The number of aromatic hydroxyl groups is 1. The van der Waals surface area contributed by atoms with Crippen molar-refractivity contribution in [2.75, 3.05) is 7.05 Å². The fourth-order valence-electron chi connectivity index (χ4n) is 1.94. The minimum atomic E-state index is -0.618. The van der Waals surface area contributed by atoms with Crippen LogP contribution in [0.25, 0.3) is 0 Å². The molecule has 23 heavy (non-hydrogen) atoms. The molecule has 1 heterocycles. The molecule has 0 fully saturated rings. The van der Waals surface area contributed by atoms with Gasteiger partial charge in [0.2, 0.25) is 0 Å². The van der Waals surface area contributed by atoms with E-state index in [0.29, 0.717) is 19.0 Å². The first-order valence-electron chi connectivity index (χ1n) is 7.12. The summed E-state index contributed by atoms with van der Waals surface area (Å²) in [6, 6.07) is 8.57. The molecule has 1 aromatic heterocycles. The lowest BCUT2D eigenvalue weighted by Crippen LogP contribution is -2.36. The fraction of sp³-hybridized carbons (Fsp3) is 0.312. The first kappa shape index (κ1) is 19.7. The molecule has 0 atom stereocenters. The fourth-order valence-corrected chi connectivity index (χ4v) is 2.84. The van der Waals surface area contributed by atoms with Crippen molar-refractivity contribution in [2.24, 2.45) is 4.99 Å². The van der Waals surface area contributed by atoms with Crippen LogP contribution in [0.5, 0.6) is 5.75 Å². The summed E-state index contributed by atoms with van der Waals surface area (Å²) in [6.45, 7) is 3.27. The van der Waals surface area contributed by atoms with Crippen LogP contribution in [0.1, 0.15) is 22.2 Å². The standard InChI is InChI=1S/C16H20FN3OS.HI/c1-3-12-5-6-13(22-12)10-20-16(18-2)19-9-11-4-7-15(21)14(17)8-11;/h4-8,21H,3,9-10H2,1-2H3,(H2,18,19,20);1H. The van der Waals surface area contributed by atoms with Crippen molar-refractivity contribution in [3.63, 3.8) is 0 Å². The van der Waals surface area contributed by atoms with Crippen LogP contribution in [-0.4, -0.2) is 18.1 Å². The van der Waals surface area contributed by atoms with Gasteiger partial charge in [0.25, 0.3) is 0 Å². The van der Waals surface area contributed by atoms with E-state index >= 15 is 0 Å². The van der Waals surface area contributed by atoms with Gasteiger partial charge in [-0.1, -0.05) is 13.0 Å². The van der Waals surface area contributed by atoms with Crippen molar-refractivity contribution in [1.82, 2.24) is 10.6 Å². The number of nitrogens with one attached hydrogen (secondary N) is 2. The van der Waals surface area contributed by atoms with Crippen molar-refractivity contribution in [3.05, 3.63) is 51.5 Å². The van der Waals surface area contributed by atoms with E-state index in [1.165, 1.54) is 21.9 Å². The average molecular weight is 449 g/mol. The number of nitrogens with zero attached hydrogens (tertiary/aromatic N) is 1. The highest BCUT2D eigenvalue weighted by atomic mass is 127. The van der Waals surface area contributed by atoms with Crippen LogP contribution in [0.4, 0.5) is 4.39 Å². The number of aryl methyl sites for hydroxylation is 1. The van der Waals surface area contributed by atoms with Crippen molar-refractivity contribution >= 4 is 41.3 Å². The quantitative estimate of drug-likeness (QED) is 0.371. The minimum Gasteiger partial charge on any atom is -0.505 e. The first-order chi connectivity index (χ1) is 10.6. The highest BCUT2D eigenvalue weighted by Gasteiger charge is 2.04. The Morgan fingerprint density at radius 3 is 2.48 bits per heavy atom. The van der Waals surface area contributed by atoms with Gasteiger partial charge in [0.15, 0.2) is 17.5 Å². The van der Waals surface area contributed by atoms with Crippen LogP contribution < -0.4 is 10.6 Å². The molecule has 0 spiro atoms. The molecule has 0 saturated carbocycles. The first-order valence-corrected chi connectivity index (χ1v) is 7.93. The Labute approximate surface area is 156 Å². The summed E-state index contributed by atoms with van der Waals surface area (Å²) in [6.07, 6.45) is 1.05. The number of phenolic OH excluding ortho intramolecular Hbond substituents is 1. The van der Waals surface area contributed by atoms with E-state index < -0.39 is 5.82 Å². The summed E-state index contributed by atoms with van der Waals surface area (Å²) in [5.41, 5.74) is 0.739. The predicted molar refractivity (Wildman–Crippen MR) is 104 cm³/mol. The maximum Gasteiger partial charge on any atom is 0.191 e. The lowest BCUT2D eigenvalue weighted by Gasteiger charge is -2.11.